The molecule has 0 spiro atoms. The van der Waals surface area contributed by atoms with E-state index in [4.69, 9.17) is 4.74 Å². The van der Waals surface area contributed by atoms with Crippen molar-refractivity contribution in [3.8, 4) is 0 Å². The highest BCUT2D eigenvalue weighted by atomic mass is 32.2. The van der Waals surface area contributed by atoms with Crippen molar-refractivity contribution in [2.24, 2.45) is 0 Å². The number of carbonyl (C=O) groups excluding carboxylic acids is 2. The molecule has 13 heteroatoms. The number of rotatable bonds is 15. The van der Waals surface area contributed by atoms with Crippen LogP contribution in [0.15, 0.2) is 48.8 Å². The number of benzene rings is 1. The lowest BCUT2D eigenvalue weighted by atomic mass is 9.70. The van der Waals surface area contributed by atoms with E-state index >= 15 is 0 Å². The Kier molecular flexibility index (Phi) is 11.6. The maximum atomic E-state index is 13.6. The van der Waals surface area contributed by atoms with Gasteiger partial charge >= 0.3 is 6.09 Å². The summed E-state index contributed by atoms with van der Waals surface area (Å²) in [4.78, 5) is 32.0. The van der Waals surface area contributed by atoms with Gasteiger partial charge in [-0.1, -0.05) is 18.2 Å². The third-order valence-corrected chi connectivity index (χ3v) is 8.99. The van der Waals surface area contributed by atoms with Crippen LogP contribution >= 0.6 is 0 Å². The molecule has 1 aromatic heterocycles. The van der Waals surface area contributed by atoms with Crippen LogP contribution in [0.5, 0.6) is 0 Å². The van der Waals surface area contributed by atoms with E-state index in [0.717, 1.165) is 21.9 Å². The topological polar surface area (TPSA) is 141 Å². The Labute approximate surface area is 241 Å². The average Bonchev–Trinajstić information content (AvgIpc) is 2.94. The summed E-state index contributed by atoms with van der Waals surface area (Å²) in [5, 5.41) is 14.1. The Hall–Kier alpha value is -3.13. The van der Waals surface area contributed by atoms with E-state index in [1.807, 2.05) is 0 Å². The molecule has 0 bridgehead atoms. The Morgan fingerprint density at radius 1 is 1.15 bits per heavy atom. The monoisotopic (exact) mass is 593 g/mol. The maximum Gasteiger partial charge on any atom is 0.410 e. The summed E-state index contributed by atoms with van der Waals surface area (Å²) in [5.41, 5.74) is 0.814. The largest absolute Gasteiger partial charge is 0.453 e. The highest BCUT2D eigenvalue weighted by Gasteiger charge is 2.50. The van der Waals surface area contributed by atoms with Gasteiger partial charge in [0.15, 0.2) is 6.10 Å². The summed E-state index contributed by atoms with van der Waals surface area (Å²) in [6.45, 7) is 0.289. The number of nitrogens with one attached hydrogen (secondary N) is 2. The van der Waals surface area contributed by atoms with Crippen LogP contribution < -0.4 is 10.0 Å². The molecule has 1 heterocycles. The summed E-state index contributed by atoms with van der Waals surface area (Å²) in [6.07, 6.45) is 4.44. The van der Waals surface area contributed by atoms with E-state index < -0.39 is 39.9 Å². The van der Waals surface area contributed by atoms with Gasteiger partial charge in [-0.15, -0.1) is 0 Å². The van der Waals surface area contributed by atoms with Gasteiger partial charge in [-0.2, -0.15) is 12.7 Å². The van der Waals surface area contributed by atoms with Crippen molar-refractivity contribution in [1.29, 1.82) is 0 Å². The Bertz CT molecular complexity index is 1240. The summed E-state index contributed by atoms with van der Waals surface area (Å²) in [7, 11) is 0.499. The first-order valence-electron chi connectivity index (χ1n) is 13.6. The van der Waals surface area contributed by atoms with Crippen LogP contribution in [0.2, 0.25) is 0 Å². The van der Waals surface area contributed by atoms with Gasteiger partial charge in [0.05, 0.1) is 18.7 Å². The SMILES string of the molecule is COC(=O)N([C@@H](CCCCNS(=O)(=O)N(C)C)C(O)C(=O)NCc1cccnc1)C1(Cc2ccc(F)cc2)CCC1. The van der Waals surface area contributed by atoms with Crippen LogP contribution in [0.3, 0.4) is 0 Å². The smallest absolute Gasteiger partial charge is 0.410 e. The summed E-state index contributed by atoms with van der Waals surface area (Å²) < 4.78 is 46.4. The molecule has 1 fully saturated rings. The minimum Gasteiger partial charge on any atom is -0.453 e. The summed E-state index contributed by atoms with van der Waals surface area (Å²) in [5.74, 6) is -1.03. The zero-order valence-corrected chi connectivity index (χ0v) is 24.6. The number of nitrogens with zero attached hydrogens (tertiary/aromatic N) is 3. The molecule has 3 rings (SSSR count). The van der Waals surface area contributed by atoms with Gasteiger partial charge in [-0.05, 0) is 74.3 Å². The third kappa shape index (κ3) is 8.68. The quantitative estimate of drug-likeness (QED) is 0.269. The van der Waals surface area contributed by atoms with Crippen molar-refractivity contribution in [1.82, 2.24) is 24.2 Å². The van der Waals surface area contributed by atoms with Crippen molar-refractivity contribution in [3.63, 3.8) is 0 Å². The maximum absolute atomic E-state index is 13.6. The van der Waals surface area contributed by atoms with Crippen molar-refractivity contribution in [3.05, 3.63) is 65.7 Å². The highest BCUT2D eigenvalue weighted by Crippen LogP contribution is 2.43. The normalized spacial score (nSPS) is 16.0. The molecular formula is C28H40FN5O6S. The van der Waals surface area contributed by atoms with Crippen LogP contribution in [0.1, 0.15) is 49.7 Å². The van der Waals surface area contributed by atoms with Crippen molar-refractivity contribution >= 4 is 22.2 Å². The first-order chi connectivity index (χ1) is 19.5. The minimum absolute atomic E-state index is 0.141. The molecule has 2 amide bonds. The summed E-state index contributed by atoms with van der Waals surface area (Å²) in [6, 6.07) is 8.61. The Morgan fingerprint density at radius 3 is 2.41 bits per heavy atom. The fourth-order valence-electron chi connectivity index (χ4n) is 5.06. The van der Waals surface area contributed by atoms with Gasteiger partial charge in [-0.25, -0.2) is 13.9 Å². The number of methoxy groups -OCH3 is 1. The molecule has 0 aliphatic heterocycles. The second-order valence-electron chi connectivity index (χ2n) is 10.5. The van der Waals surface area contributed by atoms with Gasteiger partial charge < -0.3 is 15.2 Å². The lowest BCUT2D eigenvalue weighted by Crippen LogP contribution is -2.65. The zero-order chi connectivity index (χ0) is 30.0. The number of amides is 2. The van der Waals surface area contributed by atoms with E-state index in [-0.39, 0.29) is 25.3 Å². The van der Waals surface area contributed by atoms with E-state index in [0.29, 0.717) is 32.1 Å². The fourth-order valence-corrected chi connectivity index (χ4v) is 5.72. The molecule has 1 aromatic carbocycles. The van der Waals surface area contributed by atoms with Gasteiger partial charge in [0.2, 0.25) is 0 Å². The fraction of sp³-hybridized carbons (Fsp3) is 0.536. The van der Waals surface area contributed by atoms with Crippen molar-refractivity contribution in [2.45, 2.75) is 69.2 Å². The zero-order valence-electron chi connectivity index (χ0n) is 23.8. The lowest BCUT2D eigenvalue weighted by Gasteiger charge is -2.53. The van der Waals surface area contributed by atoms with Gasteiger partial charge in [0.25, 0.3) is 16.1 Å². The highest BCUT2D eigenvalue weighted by molar-refractivity contribution is 7.87. The molecular weight excluding hydrogens is 553 g/mol. The molecule has 1 saturated carbocycles. The molecule has 2 aromatic rings. The number of unbranched alkanes of at least 4 members (excludes halogenated alkanes) is 1. The molecule has 41 heavy (non-hydrogen) atoms. The van der Waals surface area contributed by atoms with E-state index in [9.17, 15) is 27.5 Å². The Balaban J connectivity index is 1.84. The molecule has 1 aliphatic rings. The standard InChI is InChI=1S/C28H40FN5O6S/c1-33(2)41(38,39)32-17-5-4-9-24(25(35)26(36)31-20-22-8-6-16-30-19-22)34(27(37)40-3)28(14-7-15-28)18-21-10-12-23(29)13-11-21/h6,8,10-13,16,19,24-25,32,35H,4-5,7,9,14-15,17-18,20H2,1-3H3,(H,31,36)/t24-,25?/m0/s1. The van der Waals surface area contributed by atoms with E-state index in [1.165, 1.54) is 38.2 Å². The number of halogens is 1. The van der Waals surface area contributed by atoms with E-state index in [1.54, 1.807) is 36.7 Å². The number of pyridine rings is 1. The van der Waals surface area contributed by atoms with Crippen LogP contribution in [-0.2, 0) is 32.7 Å². The number of aromatic nitrogens is 1. The lowest BCUT2D eigenvalue weighted by molar-refractivity contribution is -0.136. The van der Waals surface area contributed by atoms with Gasteiger partial charge in [0.1, 0.15) is 5.82 Å². The first-order valence-corrected chi connectivity index (χ1v) is 15.1. The van der Waals surface area contributed by atoms with Crippen LogP contribution in [0.4, 0.5) is 9.18 Å². The van der Waals surface area contributed by atoms with Crippen LogP contribution in [-0.4, -0.2) is 85.1 Å². The van der Waals surface area contributed by atoms with Crippen molar-refractivity contribution < 1.29 is 32.2 Å². The molecule has 1 unspecified atom stereocenters. The molecule has 0 saturated heterocycles. The third-order valence-electron chi connectivity index (χ3n) is 7.46. The number of hydrogen-bond donors (Lipinski definition) is 3. The minimum atomic E-state index is -3.60. The van der Waals surface area contributed by atoms with Gasteiger partial charge in [0, 0.05) is 39.6 Å². The second-order valence-corrected chi connectivity index (χ2v) is 12.5. The predicted octanol–water partition coefficient (Wildman–Crippen LogP) is 2.37. The molecule has 1 aliphatic carbocycles. The molecule has 0 radical (unpaired) electrons. The number of aliphatic hydroxyl groups excluding tert-OH is 1. The number of ether oxygens (including phenoxy) is 1. The molecule has 11 nitrogen and oxygen atoms in total. The summed E-state index contributed by atoms with van der Waals surface area (Å²) >= 11 is 0. The van der Waals surface area contributed by atoms with Gasteiger partial charge in [-0.3, -0.25) is 14.7 Å². The van der Waals surface area contributed by atoms with Crippen molar-refractivity contribution in [2.75, 3.05) is 27.7 Å². The van der Waals surface area contributed by atoms with Crippen LogP contribution in [0, 0.1) is 5.82 Å². The average molecular weight is 594 g/mol. The molecule has 3 N–H and O–H groups in total. The number of hydrogen-bond acceptors (Lipinski definition) is 7. The molecule has 2 atom stereocenters. The first kappa shape index (κ1) is 32.4. The predicted molar refractivity (Wildman–Crippen MR) is 151 cm³/mol. The molecule has 226 valence electrons. The number of carbonyl (C=O) groups is 2. The number of aliphatic hydroxyl groups is 1. The van der Waals surface area contributed by atoms with Crippen LogP contribution in [0.25, 0.3) is 0 Å². The second kappa shape index (κ2) is 14.7. The van der Waals surface area contributed by atoms with E-state index in [2.05, 4.69) is 15.0 Å². The Morgan fingerprint density at radius 2 is 1.85 bits per heavy atom.